The van der Waals surface area contributed by atoms with E-state index in [1.165, 1.54) is 31.9 Å². The lowest BCUT2D eigenvalue weighted by molar-refractivity contribution is -0.143. The highest BCUT2D eigenvalue weighted by atomic mass is 32.2. The van der Waals surface area contributed by atoms with E-state index >= 15 is 0 Å². The summed E-state index contributed by atoms with van der Waals surface area (Å²) in [6.45, 7) is 2.85. The van der Waals surface area contributed by atoms with E-state index in [1.54, 1.807) is 16.9 Å². The largest absolute Gasteiger partial charge is 0.466 e. The molecule has 11 heteroatoms. The summed E-state index contributed by atoms with van der Waals surface area (Å²) in [6.07, 6.45) is -2.32. The number of carbonyl (C=O) groups is 2. The number of ether oxygens (including phenoxy) is 2. The zero-order chi connectivity index (χ0) is 24.3. The molecule has 1 aromatic carbocycles. The van der Waals surface area contributed by atoms with Crippen LogP contribution in [0, 0.1) is 0 Å². The zero-order valence-electron chi connectivity index (χ0n) is 18.4. The maximum Gasteiger partial charge on any atom is 0.416 e. The monoisotopic (exact) mass is 481 g/mol. The molecule has 0 bridgehead atoms. The third kappa shape index (κ3) is 5.13. The second kappa shape index (κ2) is 9.82. The minimum atomic E-state index is -4.48. The van der Waals surface area contributed by atoms with Gasteiger partial charge in [0.2, 0.25) is 5.88 Å². The van der Waals surface area contributed by atoms with Gasteiger partial charge in [-0.05, 0) is 37.3 Å². The minimum Gasteiger partial charge on any atom is -0.466 e. The lowest BCUT2D eigenvalue weighted by atomic mass is 10.1. The van der Waals surface area contributed by atoms with E-state index in [9.17, 15) is 22.8 Å². The number of ketones is 1. The highest BCUT2D eigenvalue weighted by molar-refractivity contribution is 7.98. The van der Waals surface area contributed by atoms with Gasteiger partial charge in [-0.25, -0.2) is 9.78 Å². The number of alkyl halides is 3. The number of esters is 1. The molecule has 2 aromatic heterocycles. The van der Waals surface area contributed by atoms with Crippen LogP contribution in [0.5, 0.6) is 5.88 Å². The lowest BCUT2D eigenvalue weighted by Gasteiger charge is -2.13. The first kappa shape index (κ1) is 24.6. The van der Waals surface area contributed by atoms with Crippen molar-refractivity contribution in [1.29, 1.82) is 0 Å². The number of thioether (sulfide) groups is 1. The maximum absolute atomic E-state index is 13.2. The van der Waals surface area contributed by atoms with Gasteiger partial charge in [0.1, 0.15) is 5.65 Å². The maximum atomic E-state index is 13.2. The van der Waals surface area contributed by atoms with Crippen LogP contribution in [0.1, 0.15) is 41.0 Å². The summed E-state index contributed by atoms with van der Waals surface area (Å²) in [5.74, 6) is -0.864. The number of benzene rings is 1. The van der Waals surface area contributed by atoms with E-state index in [4.69, 9.17) is 4.74 Å². The number of aromatic nitrogens is 3. The summed E-state index contributed by atoms with van der Waals surface area (Å²) in [5.41, 5.74) is 0.877. The molecule has 0 saturated heterocycles. The van der Waals surface area contributed by atoms with Crippen LogP contribution in [0.4, 0.5) is 13.2 Å². The Morgan fingerprint density at radius 3 is 2.52 bits per heavy atom. The molecule has 3 rings (SSSR count). The SMILES string of the molecule is CCc1c(C(C)=O)c2c(OCC(=O)OC)nc(SC)nc2n1Cc1cccc(C(F)(F)F)c1. The highest BCUT2D eigenvalue weighted by Gasteiger charge is 2.31. The molecule has 0 unspecified atom stereocenters. The quantitative estimate of drug-likeness (QED) is 0.202. The molecule has 7 nitrogen and oxygen atoms in total. The van der Waals surface area contributed by atoms with E-state index in [0.717, 1.165) is 12.1 Å². The molecule has 0 aliphatic carbocycles. The van der Waals surface area contributed by atoms with Crippen LogP contribution in [-0.4, -0.2) is 46.3 Å². The number of nitrogens with zero attached hydrogens (tertiary/aromatic N) is 3. The summed E-state index contributed by atoms with van der Waals surface area (Å²) in [7, 11) is 1.22. The topological polar surface area (TPSA) is 83.3 Å². The van der Waals surface area contributed by atoms with Crippen molar-refractivity contribution in [3.8, 4) is 5.88 Å². The predicted molar refractivity (Wildman–Crippen MR) is 117 cm³/mol. The van der Waals surface area contributed by atoms with Crippen molar-refractivity contribution in [1.82, 2.24) is 14.5 Å². The van der Waals surface area contributed by atoms with Gasteiger partial charge in [-0.3, -0.25) is 4.79 Å². The van der Waals surface area contributed by atoms with Gasteiger partial charge in [0.15, 0.2) is 17.5 Å². The van der Waals surface area contributed by atoms with Crippen LogP contribution >= 0.6 is 11.8 Å². The number of fused-ring (bicyclic) bond motifs is 1. The molecule has 0 radical (unpaired) electrons. The number of hydrogen-bond donors (Lipinski definition) is 0. The molecule has 0 aliphatic rings. The smallest absolute Gasteiger partial charge is 0.416 e. The normalized spacial score (nSPS) is 11.6. The number of rotatable bonds is 8. The van der Waals surface area contributed by atoms with Crippen LogP contribution in [0.25, 0.3) is 11.0 Å². The van der Waals surface area contributed by atoms with Crippen LogP contribution in [0.3, 0.4) is 0 Å². The molecule has 0 atom stereocenters. The number of hydrogen-bond acceptors (Lipinski definition) is 7. The summed E-state index contributed by atoms with van der Waals surface area (Å²) in [5, 5.41) is 0.635. The minimum absolute atomic E-state index is 0.0393. The van der Waals surface area contributed by atoms with Crippen molar-refractivity contribution in [3.63, 3.8) is 0 Å². The van der Waals surface area contributed by atoms with Gasteiger partial charge in [-0.2, -0.15) is 18.2 Å². The fraction of sp³-hybridized carbons (Fsp3) is 0.364. The van der Waals surface area contributed by atoms with Crippen LogP contribution in [0.2, 0.25) is 0 Å². The third-order valence-electron chi connectivity index (χ3n) is 4.98. The molecule has 0 saturated carbocycles. The van der Waals surface area contributed by atoms with Crippen LogP contribution in [0.15, 0.2) is 29.4 Å². The average molecular weight is 481 g/mol. The van der Waals surface area contributed by atoms with Crippen molar-refractivity contribution in [2.75, 3.05) is 20.0 Å². The summed E-state index contributed by atoms with van der Waals surface area (Å²) in [6, 6.07) is 5.00. The van der Waals surface area contributed by atoms with Gasteiger partial charge < -0.3 is 14.0 Å². The van der Waals surface area contributed by atoms with Crippen molar-refractivity contribution in [2.24, 2.45) is 0 Å². The molecule has 0 fully saturated rings. The van der Waals surface area contributed by atoms with Crippen LogP contribution < -0.4 is 4.74 Å². The first-order valence-corrected chi connectivity index (χ1v) is 11.2. The highest BCUT2D eigenvalue weighted by Crippen LogP contribution is 2.35. The van der Waals surface area contributed by atoms with Gasteiger partial charge in [-0.15, -0.1) is 0 Å². The Bertz CT molecular complexity index is 1210. The number of methoxy groups -OCH3 is 1. The summed E-state index contributed by atoms with van der Waals surface area (Å²) < 4.78 is 51.5. The molecule has 3 aromatic rings. The van der Waals surface area contributed by atoms with Crippen molar-refractivity contribution in [3.05, 3.63) is 46.6 Å². The van der Waals surface area contributed by atoms with E-state index in [0.29, 0.717) is 39.4 Å². The Morgan fingerprint density at radius 2 is 1.94 bits per heavy atom. The molecule has 176 valence electrons. The molecule has 0 amide bonds. The second-order valence-electron chi connectivity index (χ2n) is 7.09. The second-order valence-corrected chi connectivity index (χ2v) is 7.87. The van der Waals surface area contributed by atoms with Gasteiger partial charge >= 0.3 is 12.1 Å². The molecule has 2 heterocycles. The first-order chi connectivity index (χ1) is 15.6. The Hall–Kier alpha value is -3.08. The number of Topliss-reactive ketones (excluding diaryl/α,β-unsaturated/α-hetero) is 1. The molecule has 0 N–H and O–H groups in total. The van der Waals surface area contributed by atoms with Crippen molar-refractivity contribution in [2.45, 2.75) is 38.1 Å². The lowest BCUT2D eigenvalue weighted by Crippen LogP contribution is -2.14. The Kier molecular flexibility index (Phi) is 7.31. The third-order valence-corrected chi connectivity index (χ3v) is 5.52. The van der Waals surface area contributed by atoms with Crippen LogP contribution in [-0.2, 0) is 28.7 Å². The molecular weight excluding hydrogens is 459 g/mol. The average Bonchev–Trinajstić information content (AvgIpc) is 3.10. The van der Waals surface area contributed by atoms with E-state index in [-0.39, 0.29) is 18.2 Å². The molecular formula is C22H22F3N3O4S. The molecule has 0 aliphatic heterocycles. The van der Waals surface area contributed by atoms with Gasteiger partial charge in [0.05, 0.1) is 23.6 Å². The summed E-state index contributed by atoms with van der Waals surface area (Å²) >= 11 is 1.22. The van der Waals surface area contributed by atoms with E-state index in [1.807, 2.05) is 6.92 Å². The van der Waals surface area contributed by atoms with Crippen molar-refractivity contribution >= 4 is 34.5 Å². The molecule has 33 heavy (non-hydrogen) atoms. The first-order valence-electron chi connectivity index (χ1n) is 9.94. The fourth-order valence-corrected chi connectivity index (χ4v) is 3.91. The van der Waals surface area contributed by atoms with Gasteiger partial charge in [0, 0.05) is 12.2 Å². The zero-order valence-corrected chi connectivity index (χ0v) is 19.3. The molecule has 0 spiro atoms. The van der Waals surface area contributed by atoms with Gasteiger partial charge in [0.25, 0.3) is 0 Å². The number of carbonyl (C=O) groups excluding carboxylic acids is 2. The van der Waals surface area contributed by atoms with Gasteiger partial charge in [-0.1, -0.05) is 30.8 Å². The van der Waals surface area contributed by atoms with Crippen molar-refractivity contribution < 1.29 is 32.2 Å². The fourth-order valence-electron chi connectivity index (χ4n) is 3.56. The standard InChI is InChI=1S/C22H22F3N3O4S/c1-5-15-17(12(2)29)18-19(26-21(33-4)27-20(18)32-11-16(30)31-3)28(15)10-13-7-6-8-14(9-13)22(23,24)25/h6-9H,5,10-11H2,1-4H3. The predicted octanol–water partition coefficient (Wildman–Crippen LogP) is 4.54. The van der Waals surface area contributed by atoms with E-state index < -0.39 is 24.3 Å². The Balaban J connectivity index is 2.24. The number of halogens is 3. The summed E-state index contributed by atoms with van der Waals surface area (Å²) in [4.78, 5) is 33.1. The Morgan fingerprint density at radius 1 is 1.21 bits per heavy atom. The van der Waals surface area contributed by atoms with E-state index in [2.05, 4.69) is 14.7 Å². The Labute approximate surface area is 192 Å².